The first-order valence-electron chi connectivity index (χ1n) is 7.65. The van der Waals surface area contributed by atoms with E-state index in [1.807, 2.05) is 6.07 Å². The molecule has 2 N–H and O–H groups in total. The van der Waals surface area contributed by atoms with Crippen LogP contribution in [0.5, 0.6) is 11.5 Å². The highest BCUT2D eigenvalue weighted by Crippen LogP contribution is 2.44. The largest absolute Gasteiger partial charge is 0.497 e. The van der Waals surface area contributed by atoms with Crippen LogP contribution in [0, 0.1) is 11.3 Å². The number of benzene rings is 1. The molecule has 7 heteroatoms. The maximum atomic E-state index is 12.5. The van der Waals surface area contributed by atoms with Crippen LogP contribution in [-0.4, -0.2) is 26.8 Å². The molecule has 0 amide bonds. The van der Waals surface area contributed by atoms with Crippen molar-refractivity contribution in [3.63, 3.8) is 0 Å². The molecule has 7 nitrogen and oxygen atoms in total. The Morgan fingerprint density at radius 3 is 2.64 bits per heavy atom. The summed E-state index contributed by atoms with van der Waals surface area (Å²) in [4.78, 5) is 12.5. The monoisotopic (exact) mass is 344 g/mol. The van der Waals surface area contributed by atoms with Gasteiger partial charge < -0.3 is 24.7 Å². The van der Waals surface area contributed by atoms with E-state index in [4.69, 9.17) is 24.7 Å². The van der Waals surface area contributed by atoms with E-state index in [1.165, 1.54) is 14.2 Å². The predicted octanol–water partition coefficient (Wildman–Crippen LogP) is 2.35. The van der Waals surface area contributed by atoms with Gasteiger partial charge in [0.2, 0.25) is 5.88 Å². The van der Waals surface area contributed by atoms with E-state index >= 15 is 0 Å². The van der Waals surface area contributed by atoms with Gasteiger partial charge in [0.15, 0.2) is 0 Å². The fraction of sp³-hybridized carbons (Fsp3) is 0.333. The summed E-state index contributed by atoms with van der Waals surface area (Å²) in [6, 6.07) is 7.16. The molecule has 1 aliphatic heterocycles. The fourth-order valence-corrected chi connectivity index (χ4v) is 2.73. The Balaban J connectivity index is 2.73. The average molecular weight is 344 g/mol. The fourth-order valence-electron chi connectivity index (χ4n) is 2.73. The van der Waals surface area contributed by atoms with Crippen LogP contribution in [0.15, 0.2) is 41.0 Å². The van der Waals surface area contributed by atoms with E-state index in [2.05, 4.69) is 0 Å². The van der Waals surface area contributed by atoms with E-state index in [-0.39, 0.29) is 29.4 Å². The topological polar surface area (TPSA) is 104 Å². The van der Waals surface area contributed by atoms with E-state index in [9.17, 15) is 10.1 Å². The van der Waals surface area contributed by atoms with Gasteiger partial charge in [-0.05, 0) is 32.0 Å². The van der Waals surface area contributed by atoms with Crippen LogP contribution in [0.4, 0.5) is 0 Å². The summed E-state index contributed by atoms with van der Waals surface area (Å²) in [6.07, 6.45) is 0. The Kier molecular flexibility index (Phi) is 5.55. The van der Waals surface area contributed by atoms with Gasteiger partial charge in [0, 0.05) is 5.56 Å². The van der Waals surface area contributed by atoms with Crippen LogP contribution in [0.25, 0.3) is 0 Å². The molecule has 0 spiro atoms. The van der Waals surface area contributed by atoms with E-state index < -0.39 is 11.9 Å². The van der Waals surface area contributed by atoms with E-state index in [1.54, 1.807) is 32.0 Å². The second-order valence-electron chi connectivity index (χ2n) is 5.22. The number of rotatable bonds is 5. The molecule has 0 aliphatic carbocycles. The molecule has 0 saturated heterocycles. The van der Waals surface area contributed by atoms with Gasteiger partial charge in [-0.15, -0.1) is 0 Å². The normalized spacial score (nSPS) is 16.8. The van der Waals surface area contributed by atoms with Crippen LogP contribution in [-0.2, 0) is 14.3 Å². The van der Waals surface area contributed by atoms with Crippen molar-refractivity contribution in [3.8, 4) is 17.6 Å². The summed E-state index contributed by atoms with van der Waals surface area (Å²) in [6.45, 7) is 3.50. The van der Waals surface area contributed by atoms with Crippen molar-refractivity contribution >= 4 is 5.97 Å². The van der Waals surface area contributed by atoms with Crippen molar-refractivity contribution in [2.45, 2.75) is 19.8 Å². The molecule has 132 valence electrons. The molecule has 0 saturated carbocycles. The van der Waals surface area contributed by atoms with Crippen LogP contribution in [0.1, 0.15) is 25.3 Å². The molecule has 1 heterocycles. The maximum Gasteiger partial charge on any atom is 0.338 e. The molecule has 1 aromatic carbocycles. The zero-order chi connectivity index (χ0) is 18.6. The zero-order valence-corrected chi connectivity index (χ0v) is 14.6. The molecule has 1 aliphatic rings. The Morgan fingerprint density at radius 1 is 1.36 bits per heavy atom. The van der Waals surface area contributed by atoms with Crippen LogP contribution in [0.3, 0.4) is 0 Å². The van der Waals surface area contributed by atoms with Crippen molar-refractivity contribution in [2.24, 2.45) is 5.73 Å². The summed E-state index contributed by atoms with van der Waals surface area (Å²) >= 11 is 0. The molecular formula is C18H20N2O5. The first-order chi connectivity index (χ1) is 12.0. The number of nitrogens with two attached hydrogens (primary N) is 1. The third-order valence-electron chi connectivity index (χ3n) is 3.85. The molecular weight excluding hydrogens is 324 g/mol. The lowest BCUT2D eigenvalue weighted by Gasteiger charge is -2.28. The Bertz CT molecular complexity index is 789. The minimum Gasteiger partial charge on any atom is -0.497 e. The molecule has 0 aromatic heterocycles. The number of allylic oxidation sites excluding steroid dienone is 2. The van der Waals surface area contributed by atoms with Gasteiger partial charge in [-0.25, -0.2) is 4.79 Å². The van der Waals surface area contributed by atoms with E-state index in [0.29, 0.717) is 17.1 Å². The molecule has 1 unspecified atom stereocenters. The summed E-state index contributed by atoms with van der Waals surface area (Å²) in [5.74, 6) is -0.0763. The minimum absolute atomic E-state index is 0.0529. The highest BCUT2D eigenvalue weighted by atomic mass is 16.5. The van der Waals surface area contributed by atoms with E-state index in [0.717, 1.165) is 0 Å². The molecule has 1 aromatic rings. The Labute approximate surface area is 146 Å². The number of hydrogen-bond acceptors (Lipinski definition) is 7. The summed E-state index contributed by atoms with van der Waals surface area (Å²) in [7, 11) is 3.03. The third kappa shape index (κ3) is 3.38. The number of methoxy groups -OCH3 is 2. The lowest BCUT2D eigenvalue weighted by atomic mass is 9.82. The van der Waals surface area contributed by atoms with Crippen molar-refractivity contribution in [3.05, 3.63) is 46.6 Å². The molecule has 0 fully saturated rings. The van der Waals surface area contributed by atoms with Crippen LogP contribution < -0.4 is 15.2 Å². The van der Waals surface area contributed by atoms with Gasteiger partial charge in [0.1, 0.15) is 28.9 Å². The first-order valence-corrected chi connectivity index (χ1v) is 7.65. The second-order valence-corrected chi connectivity index (χ2v) is 5.22. The number of ether oxygens (including phenoxy) is 4. The van der Waals surface area contributed by atoms with Crippen LogP contribution >= 0.6 is 0 Å². The van der Waals surface area contributed by atoms with Crippen LogP contribution in [0.2, 0.25) is 0 Å². The van der Waals surface area contributed by atoms with Gasteiger partial charge in [0.25, 0.3) is 0 Å². The minimum atomic E-state index is -0.775. The lowest BCUT2D eigenvalue weighted by molar-refractivity contribution is -0.139. The van der Waals surface area contributed by atoms with Gasteiger partial charge >= 0.3 is 5.97 Å². The molecule has 0 radical (unpaired) electrons. The number of hydrogen-bond donors (Lipinski definition) is 1. The SMILES string of the molecule is CCOC(=O)C1=C(C)OC(N)=C(C#N)C1c1cc(OC)ccc1OC. The number of esters is 1. The summed E-state index contributed by atoms with van der Waals surface area (Å²) in [5.41, 5.74) is 6.76. The zero-order valence-electron chi connectivity index (χ0n) is 14.6. The van der Waals surface area contributed by atoms with Crippen molar-refractivity contribution in [1.82, 2.24) is 0 Å². The Hall–Kier alpha value is -3.14. The smallest absolute Gasteiger partial charge is 0.338 e. The van der Waals surface area contributed by atoms with Crippen molar-refractivity contribution in [1.29, 1.82) is 5.26 Å². The highest BCUT2D eigenvalue weighted by molar-refractivity contribution is 5.92. The summed E-state index contributed by atoms with van der Waals surface area (Å²) in [5, 5.41) is 9.58. The highest BCUT2D eigenvalue weighted by Gasteiger charge is 2.38. The van der Waals surface area contributed by atoms with Gasteiger partial charge in [-0.1, -0.05) is 0 Å². The lowest BCUT2D eigenvalue weighted by Crippen LogP contribution is -2.25. The molecule has 2 rings (SSSR count). The first kappa shape index (κ1) is 18.2. The third-order valence-corrected chi connectivity index (χ3v) is 3.85. The van der Waals surface area contributed by atoms with Gasteiger partial charge in [-0.3, -0.25) is 0 Å². The maximum absolute atomic E-state index is 12.5. The van der Waals surface area contributed by atoms with Crippen molar-refractivity contribution in [2.75, 3.05) is 20.8 Å². The molecule has 1 atom stereocenters. The second kappa shape index (κ2) is 7.62. The molecule has 25 heavy (non-hydrogen) atoms. The quantitative estimate of drug-likeness (QED) is 0.818. The standard InChI is InChI=1S/C18H20N2O5/c1-5-24-18(21)15-10(2)25-17(20)13(9-19)16(15)12-8-11(22-3)6-7-14(12)23-4/h6-8,16H,5,20H2,1-4H3. The average Bonchev–Trinajstić information content (AvgIpc) is 2.60. The molecule has 0 bridgehead atoms. The number of nitrogens with zero attached hydrogens (tertiary/aromatic N) is 1. The number of nitriles is 1. The summed E-state index contributed by atoms with van der Waals surface area (Å²) < 4.78 is 21.2. The van der Waals surface area contributed by atoms with Crippen molar-refractivity contribution < 1.29 is 23.7 Å². The predicted molar refractivity (Wildman–Crippen MR) is 89.5 cm³/mol. The van der Waals surface area contributed by atoms with Gasteiger partial charge in [0.05, 0.1) is 32.3 Å². The number of carbonyl (C=O) groups excluding carboxylic acids is 1. The number of carbonyl (C=O) groups is 1. The van der Waals surface area contributed by atoms with Gasteiger partial charge in [-0.2, -0.15) is 5.26 Å². The Morgan fingerprint density at radius 2 is 2.08 bits per heavy atom.